The van der Waals surface area contributed by atoms with Crippen molar-refractivity contribution in [2.24, 2.45) is 5.92 Å². The van der Waals surface area contributed by atoms with Gasteiger partial charge in [-0.15, -0.1) is 0 Å². The first-order chi connectivity index (χ1) is 8.20. The van der Waals surface area contributed by atoms with Crippen LogP contribution in [0.2, 0.25) is 0 Å². The lowest BCUT2D eigenvalue weighted by Gasteiger charge is -2.18. The fourth-order valence-electron chi connectivity index (χ4n) is 2.91. The van der Waals surface area contributed by atoms with Crippen molar-refractivity contribution in [3.05, 3.63) is 23.8 Å². The van der Waals surface area contributed by atoms with Crippen LogP contribution in [-0.2, 0) is 0 Å². The summed E-state index contributed by atoms with van der Waals surface area (Å²) in [6.45, 7) is 4.41. The maximum absolute atomic E-state index is 6.11. The molecule has 17 heavy (non-hydrogen) atoms. The minimum absolute atomic E-state index is 0.335. The zero-order valence-corrected chi connectivity index (χ0v) is 10.6. The molecule has 1 saturated carbocycles. The fraction of sp³-hybridized carbons (Fsp3) is 0.600. The molecule has 1 fully saturated rings. The first-order valence-corrected chi connectivity index (χ1v) is 6.64. The van der Waals surface area contributed by atoms with Crippen molar-refractivity contribution in [1.29, 1.82) is 0 Å². The fourth-order valence-corrected chi connectivity index (χ4v) is 2.91. The van der Waals surface area contributed by atoms with Crippen molar-refractivity contribution in [3.63, 3.8) is 0 Å². The quantitative estimate of drug-likeness (QED) is 0.679. The molecule has 0 amide bonds. The van der Waals surface area contributed by atoms with Gasteiger partial charge in [0.2, 0.25) is 0 Å². The number of ether oxygens (including phenoxy) is 2. The number of hydrogen-bond donors (Lipinski definition) is 0. The van der Waals surface area contributed by atoms with Gasteiger partial charge in [0, 0.05) is 6.42 Å². The Labute approximate surface area is 103 Å². The van der Waals surface area contributed by atoms with Crippen molar-refractivity contribution < 1.29 is 9.47 Å². The molecule has 0 aromatic heterocycles. The molecule has 92 valence electrons. The smallest absolute Gasteiger partial charge is 0.161 e. The van der Waals surface area contributed by atoms with Crippen molar-refractivity contribution in [3.8, 4) is 11.5 Å². The summed E-state index contributed by atoms with van der Waals surface area (Å²) in [5.41, 5.74) is 1.23. The van der Waals surface area contributed by atoms with E-state index >= 15 is 0 Å². The topological polar surface area (TPSA) is 18.5 Å². The molecule has 2 unspecified atom stereocenters. The van der Waals surface area contributed by atoms with Crippen molar-refractivity contribution in [2.75, 3.05) is 0 Å². The summed E-state index contributed by atoms with van der Waals surface area (Å²) < 4.78 is 12.2. The van der Waals surface area contributed by atoms with E-state index in [-0.39, 0.29) is 0 Å². The van der Waals surface area contributed by atoms with Gasteiger partial charge in [0.1, 0.15) is 12.2 Å². The molecule has 2 aliphatic rings. The van der Waals surface area contributed by atoms with E-state index in [1.165, 1.54) is 12.0 Å². The Morgan fingerprint density at radius 1 is 1.00 bits per heavy atom. The van der Waals surface area contributed by atoms with E-state index in [4.69, 9.17) is 9.47 Å². The highest BCUT2D eigenvalue weighted by Gasteiger charge is 2.30. The summed E-state index contributed by atoms with van der Waals surface area (Å²) in [7, 11) is 0. The summed E-state index contributed by atoms with van der Waals surface area (Å²) in [6, 6.07) is 6.23. The van der Waals surface area contributed by atoms with Crippen LogP contribution in [0.1, 0.15) is 38.2 Å². The molecule has 1 aromatic carbocycles. The first kappa shape index (κ1) is 10.9. The Morgan fingerprint density at radius 3 is 2.71 bits per heavy atom. The number of benzene rings is 1. The van der Waals surface area contributed by atoms with Gasteiger partial charge in [-0.3, -0.25) is 0 Å². The zero-order valence-electron chi connectivity index (χ0n) is 10.6. The van der Waals surface area contributed by atoms with Crippen LogP contribution in [0.3, 0.4) is 0 Å². The minimum atomic E-state index is 0.335. The summed E-state index contributed by atoms with van der Waals surface area (Å²) in [5.74, 6) is 2.62. The van der Waals surface area contributed by atoms with E-state index in [0.717, 1.165) is 36.7 Å². The van der Waals surface area contributed by atoms with Gasteiger partial charge in [-0.2, -0.15) is 0 Å². The van der Waals surface area contributed by atoms with Gasteiger partial charge in [0.05, 0.1) is 0 Å². The van der Waals surface area contributed by atoms with Crippen LogP contribution < -0.4 is 9.47 Å². The van der Waals surface area contributed by atoms with E-state index in [1.807, 2.05) is 6.07 Å². The number of fused-ring (bicyclic) bond motifs is 3. The molecule has 2 nitrogen and oxygen atoms in total. The van der Waals surface area contributed by atoms with E-state index in [9.17, 15) is 0 Å². The molecule has 0 radical (unpaired) electrons. The van der Waals surface area contributed by atoms with Gasteiger partial charge in [0.25, 0.3) is 0 Å². The lowest BCUT2D eigenvalue weighted by molar-refractivity contribution is 0.146. The van der Waals surface area contributed by atoms with Crippen LogP contribution in [0.5, 0.6) is 11.5 Å². The molecular weight excluding hydrogens is 212 g/mol. The van der Waals surface area contributed by atoms with Crippen LogP contribution >= 0.6 is 0 Å². The summed E-state index contributed by atoms with van der Waals surface area (Å²) in [6.07, 6.45) is 5.29. The highest BCUT2D eigenvalue weighted by Crippen LogP contribution is 2.38. The van der Waals surface area contributed by atoms with E-state index in [0.29, 0.717) is 12.2 Å². The number of aryl methyl sites for hydroxylation is 1. The highest BCUT2D eigenvalue weighted by atomic mass is 16.5. The van der Waals surface area contributed by atoms with Gasteiger partial charge in [0.15, 0.2) is 11.5 Å². The van der Waals surface area contributed by atoms with Crippen molar-refractivity contribution >= 4 is 0 Å². The van der Waals surface area contributed by atoms with Gasteiger partial charge >= 0.3 is 0 Å². The van der Waals surface area contributed by atoms with Crippen LogP contribution in [0, 0.1) is 12.8 Å². The summed E-state index contributed by atoms with van der Waals surface area (Å²) >= 11 is 0. The third-order valence-electron chi connectivity index (χ3n) is 3.86. The lowest BCUT2D eigenvalue weighted by atomic mass is 10.0. The first-order valence-electron chi connectivity index (χ1n) is 6.64. The van der Waals surface area contributed by atoms with Crippen LogP contribution in [0.4, 0.5) is 0 Å². The molecule has 2 bridgehead atoms. The Balaban J connectivity index is 1.92. The molecular formula is C15H20O2. The maximum Gasteiger partial charge on any atom is 0.161 e. The SMILES string of the molecule is Cc1ccc2c(c1)O[C@@H]1CCC(C)CC(C1)O2. The van der Waals surface area contributed by atoms with Gasteiger partial charge in [-0.05, 0) is 49.8 Å². The molecule has 1 aromatic rings. The highest BCUT2D eigenvalue weighted by molar-refractivity contribution is 5.43. The third-order valence-corrected chi connectivity index (χ3v) is 3.86. The molecule has 0 spiro atoms. The third kappa shape index (κ3) is 2.26. The average molecular weight is 232 g/mol. The second kappa shape index (κ2) is 4.25. The van der Waals surface area contributed by atoms with Crippen LogP contribution in [0.25, 0.3) is 0 Å². The normalized spacial score (nSPS) is 31.5. The summed E-state index contributed by atoms with van der Waals surface area (Å²) in [5, 5.41) is 0. The van der Waals surface area contributed by atoms with E-state index in [2.05, 4.69) is 26.0 Å². The lowest BCUT2D eigenvalue weighted by Crippen LogP contribution is -2.22. The number of rotatable bonds is 0. The average Bonchev–Trinajstić information content (AvgIpc) is 2.55. The molecule has 3 rings (SSSR count). The Kier molecular flexibility index (Phi) is 2.73. The Morgan fingerprint density at radius 2 is 1.82 bits per heavy atom. The maximum atomic E-state index is 6.11. The predicted octanol–water partition coefficient (Wildman–Crippen LogP) is 3.71. The predicted molar refractivity (Wildman–Crippen MR) is 67.6 cm³/mol. The molecule has 0 saturated heterocycles. The largest absolute Gasteiger partial charge is 0.486 e. The standard InChI is InChI=1S/C15H20O2/c1-10-3-5-12-9-13(7-10)17-14-6-4-11(2)8-15(14)16-12/h4,6,8,10,12-13H,3,5,7,9H2,1-2H3/t10?,12-,13?/m1/s1. The molecule has 1 aliphatic carbocycles. The van der Waals surface area contributed by atoms with Gasteiger partial charge in [-0.25, -0.2) is 0 Å². The monoisotopic (exact) mass is 232 g/mol. The van der Waals surface area contributed by atoms with E-state index in [1.54, 1.807) is 0 Å². The Bertz CT molecular complexity index is 413. The molecule has 0 N–H and O–H groups in total. The molecule has 2 heteroatoms. The van der Waals surface area contributed by atoms with Gasteiger partial charge < -0.3 is 9.47 Å². The van der Waals surface area contributed by atoms with Crippen molar-refractivity contribution in [1.82, 2.24) is 0 Å². The second-order valence-corrected chi connectivity index (χ2v) is 5.58. The molecule has 1 aliphatic heterocycles. The molecule has 3 atom stereocenters. The molecule has 1 heterocycles. The Hall–Kier alpha value is -1.18. The second-order valence-electron chi connectivity index (χ2n) is 5.58. The zero-order chi connectivity index (χ0) is 11.8. The van der Waals surface area contributed by atoms with Gasteiger partial charge in [-0.1, -0.05) is 13.0 Å². The van der Waals surface area contributed by atoms with Crippen LogP contribution in [-0.4, -0.2) is 12.2 Å². The van der Waals surface area contributed by atoms with Crippen molar-refractivity contribution in [2.45, 2.75) is 51.7 Å². The van der Waals surface area contributed by atoms with Crippen LogP contribution in [0.15, 0.2) is 18.2 Å². The van der Waals surface area contributed by atoms with E-state index < -0.39 is 0 Å². The minimum Gasteiger partial charge on any atom is -0.486 e. The number of hydrogen-bond acceptors (Lipinski definition) is 2. The summed E-state index contributed by atoms with van der Waals surface area (Å²) in [4.78, 5) is 0.